The van der Waals surface area contributed by atoms with Gasteiger partial charge in [0.2, 0.25) is 0 Å². The first-order valence-corrected chi connectivity index (χ1v) is 8.63. The summed E-state index contributed by atoms with van der Waals surface area (Å²) in [6.45, 7) is 1.66. The van der Waals surface area contributed by atoms with Crippen molar-refractivity contribution in [1.82, 2.24) is 15.3 Å². The van der Waals surface area contributed by atoms with Crippen molar-refractivity contribution in [2.24, 2.45) is 0 Å². The molecule has 2 aromatic rings. The molecule has 1 aliphatic carbocycles. The molecule has 25 heavy (non-hydrogen) atoms. The lowest BCUT2D eigenvalue weighted by Crippen LogP contribution is -2.37. The summed E-state index contributed by atoms with van der Waals surface area (Å²) in [6, 6.07) is 8.88. The number of aromatic nitrogens is 2. The SMILES string of the molecule is N#Cc1ccc(C(=O)N[C@H]2CCN(c3ncnc4c3CCC4)C2)cc1. The van der Waals surface area contributed by atoms with Crippen molar-refractivity contribution in [2.75, 3.05) is 18.0 Å². The monoisotopic (exact) mass is 333 g/mol. The van der Waals surface area contributed by atoms with Crippen molar-refractivity contribution >= 4 is 11.7 Å². The van der Waals surface area contributed by atoms with Crippen LogP contribution in [0.25, 0.3) is 0 Å². The van der Waals surface area contributed by atoms with Gasteiger partial charge in [-0.3, -0.25) is 4.79 Å². The highest BCUT2D eigenvalue weighted by molar-refractivity contribution is 5.94. The molecule has 0 saturated carbocycles. The average Bonchev–Trinajstić information content (AvgIpc) is 3.30. The van der Waals surface area contributed by atoms with Crippen molar-refractivity contribution < 1.29 is 4.79 Å². The zero-order valence-corrected chi connectivity index (χ0v) is 13.9. The lowest BCUT2D eigenvalue weighted by molar-refractivity contribution is 0.0940. The molecule has 126 valence electrons. The van der Waals surface area contributed by atoms with E-state index in [0.29, 0.717) is 11.1 Å². The lowest BCUT2D eigenvalue weighted by atomic mass is 10.1. The predicted octanol–water partition coefficient (Wildman–Crippen LogP) is 1.85. The van der Waals surface area contributed by atoms with Crippen LogP contribution in [-0.2, 0) is 12.8 Å². The van der Waals surface area contributed by atoms with Crippen LogP contribution in [0.4, 0.5) is 5.82 Å². The van der Waals surface area contributed by atoms with E-state index in [-0.39, 0.29) is 11.9 Å². The maximum absolute atomic E-state index is 12.4. The topological polar surface area (TPSA) is 81.9 Å². The molecule has 0 radical (unpaired) electrons. The van der Waals surface area contributed by atoms with E-state index in [1.54, 1.807) is 30.6 Å². The van der Waals surface area contributed by atoms with Crippen LogP contribution in [0.15, 0.2) is 30.6 Å². The van der Waals surface area contributed by atoms with E-state index in [1.165, 1.54) is 11.3 Å². The Balaban J connectivity index is 1.42. The first-order chi connectivity index (χ1) is 12.2. The zero-order valence-electron chi connectivity index (χ0n) is 13.9. The fourth-order valence-electron chi connectivity index (χ4n) is 3.65. The van der Waals surface area contributed by atoms with Crippen LogP contribution < -0.4 is 10.2 Å². The van der Waals surface area contributed by atoms with Gasteiger partial charge >= 0.3 is 0 Å². The summed E-state index contributed by atoms with van der Waals surface area (Å²) in [5.41, 5.74) is 3.60. The molecule has 6 nitrogen and oxygen atoms in total. The third-order valence-electron chi connectivity index (χ3n) is 4.95. The minimum atomic E-state index is -0.0933. The molecule has 0 bridgehead atoms. The van der Waals surface area contributed by atoms with Crippen LogP contribution in [0, 0.1) is 11.3 Å². The van der Waals surface area contributed by atoms with Gasteiger partial charge in [-0.15, -0.1) is 0 Å². The van der Waals surface area contributed by atoms with E-state index in [4.69, 9.17) is 5.26 Å². The van der Waals surface area contributed by atoms with E-state index in [1.807, 2.05) is 0 Å². The molecule has 1 aliphatic heterocycles. The summed E-state index contributed by atoms with van der Waals surface area (Å²) in [4.78, 5) is 23.5. The second-order valence-electron chi connectivity index (χ2n) is 6.57. The number of hydrogen-bond donors (Lipinski definition) is 1. The molecule has 1 amide bonds. The summed E-state index contributed by atoms with van der Waals surface area (Å²) in [6.07, 6.45) is 5.79. The van der Waals surface area contributed by atoms with Crippen LogP contribution in [-0.4, -0.2) is 35.0 Å². The molecule has 4 rings (SSSR count). The van der Waals surface area contributed by atoms with Crippen molar-refractivity contribution in [2.45, 2.75) is 31.7 Å². The standard InChI is InChI=1S/C19H19N5O/c20-10-13-4-6-14(7-5-13)19(25)23-15-8-9-24(11-15)18-16-2-1-3-17(16)21-12-22-18/h4-7,12,15H,1-3,8-9,11H2,(H,23,25)/t15-/m0/s1. The summed E-state index contributed by atoms with van der Waals surface area (Å²) >= 11 is 0. The molecular weight excluding hydrogens is 314 g/mol. The van der Waals surface area contributed by atoms with Gasteiger partial charge in [0.1, 0.15) is 12.1 Å². The average molecular weight is 333 g/mol. The van der Waals surface area contributed by atoms with Gasteiger partial charge in [-0.2, -0.15) is 5.26 Å². The Morgan fingerprint density at radius 2 is 2.08 bits per heavy atom. The Bertz CT molecular complexity index is 840. The van der Waals surface area contributed by atoms with Crippen molar-refractivity contribution in [3.8, 4) is 6.07 Å². The maximum atomic E-state index is 12.4. The number of hydrogen-bond acceptors (Lipinski definition) is 5. The van der Waals surface area contributed by atoms with Gasteiger partial charge in [-0.1, -0.05) is 0 Å². The molecule has 1 fully saturated rings. The van der Waals surface area contributed by atoms with Gasteiger partial charge < -0.3 is 10.2 Å². The Morgan fingerprint density at radius 3 is 2.88 bits per heavy atom. The van der Waals surface area contributed by atoms with Crippen molar-refractivity contribution in [3.63, 3.8) is 0 Å². The summed E-state index contributed by atoms with van der Waals surface area (Å²) < 4.78 is 0. The third-order valence-corrected chi connectivity index (χ3v) is 4.95. The van der Waals surface area contributed by atoms with Crippen LogP contribution in [0.1, 0.15) is 40.0 Å². The molecule has 1 N–H and O–H groups in total. The summed E-state index contributed by atoms with van der Waals surface area (Å²) in [5.74, 6) is 0.946. The Morgan fingerprint density at radius 1 is 1.24 bits per heavy atom. The van der Waals surface area contributed by atoms with Crippen LogP contribution >= 0.6 is 0 Å². The number of nitrogens with zero attached hydrogens (tertiary/aromatic N) is 4. The minimum Gasteiger partial charge on any atom is -0.354 e. The van der Waals surface area contributed by atoms with E-state index in [9.17, 15) is 4.79 Å². The highest BCUT2D eigenvalue weighted by Gasteiger charge is 2.28. The van der Waals surface area contributed by atoms with Crippen LogP contribution in [0.2, 0.25) is 0 Å². The molecule has 1 saturated heterocycles. The van der Waals surface area contributed by atoms with Gasteiger partial charge in [0.15, 0.2) is 0 Å². The molecule has 6 heteroatoms. The normalized spacial score (nSPS) is 18.7. The second-order valence-corrected chi connectivity index (χ2v) is 6.57. The molecule has 0 spiro atoms. The molecule has 1 atom stereocenters. The number of fused-ring (bicyclic) bond motifs is 1. The molecular formula is C19H19N5O. The quantitative estimate of drug-likeness (QED) is 0.927. The number of aryl methyl sites for hydroxylation is 1. The van der Waals surface area contributed by atoms with Gasteiger partial charge in [0.25, 0.3) is 5.91 Å². The number of amides is 1. The molecule has 1 aromatic carbocycles. The molecule has 2 heterocycles. The van der Waals surface area contributed by atoms with E-state index < -0.39 is 0 Å². The lowest BCUT2D eigenvalue weighted by Gasteiger charge is -2.20. The first kappa shape index (κ1) is 15.6. The number of benzene rings is 1. The van der Waals surface area contributed by atoms with Gasteiger partial charge in [-0.25, -0.2) is 9.97 Å². The zero-order chi connectivity index (χ0) is 17.2. The highest BCUT2D eigenvalue weighted by Crippen LogP contribution is 2.29. The Labute approximate surface area is 146 Å². The third kappa shape index (κ3) is 3.05. The molecule has 0 unspecified atom stereocenters. The number of anilines is 1. The van der Waals surface area contributed by atoms with Gasteiger partial charge in [0, 0.05) is 36.0 Å². The minimum absolute atomic E-state index is 0.0933. The summed E-state index contributed by atoms with van der Waals surface area (Å²) in [5, 5.41) is 11.9. The van der Waals surface area contributed by atoms with Crippen molar-refractivity contribution in [3.05, 3.63) is 53.0 Å². The second kappa shape index (κ2) is 6.52. The smallest absolute Gasteiger partial charge is 0.251 e. The Kier molecular flexibility index (Phi) is 4.06. The number of nitriles is 1. The van der Waals surface area contributed by atoms with Crippen LogP contribution in [0.5, 0.6) is 0 Å². The fraction of sp³-hybridized carbons (Fsp3) is 0.368. The number of carbonyl (C=O) groups excluding carboxylic acids is 1. The fourth-order valence-corrected chi connectivity index (χ4v) is 3.65. The Hall–Kier alpha value is -2.94. The molecule has 2 aliphatic rings. The summed E-state index contributed by atoms with van der Waals surface area (Å²) in [7, 11) is 0. The molecule has 1 aromatic heterocycles. The largest absolute Gasteiger partial charge is 0.354 e. The number of nitrogens with one attached hydrogen (secondary N) is 1. The predicted molar refractivity (Wildman–Crippen MR) is 93.3 cm³/mol. The van der Waals surface area contributed by atoms with Gasteiger partial charge in [-0.05, 0) is 49.9 Å². The maximum Gasteiger partial charge on any atom is 0.251 e. The van der Waals surface area contributed by atoms with Crippen molar-refractivity contribution in [1.29, 1.82) is 5.26 Å². The number of rotatable bonds is 3. The highest BCUT2D eigenvalue weighted by atomic mass is 16.1. The first-order valence-electron chi connectivity index (χ1n) is 8.63. The van der Waals surface area contributed by atoms with E-state index in [0.717, 1.165) is 44.6 Å². The van der Waals surface area contributed by atoms with Crippen LogP contribution in [0.3, 0.4) is 0 Å². The number of carbonyl (C=O) groups is 1. The van der Waals surface area contributed by atoms with E-state index >= 15 is 0 Å². The van der Waals surface area contributed by atoms with Gasteiger partial charge in [0.05, 0.1) is 11.6 Å². The van der Waals surface area contributed by atoms with E-state index in [2.05, 4.69) is 26.3 Å².